The standard InChI is InChI=1S/C23H25N3O5S/c1-30-21-9-6-19(17-22(21)32(28,29)26-12-14-31-15-13-26)24-23(27)16-18-4-7-20(8-5-18)25-10-2-3-11-25/h2-11,17H,12-16H2,1H3,(H,24,27). The second kappa shape index (κ2) is 9.56. The van der Waals surface area contributed by atoms with Crippen LogP contribution in [0.5, 0.6) is 5.75 Å². The highest BCUT2D eigenvalue weighted by atomic mass is 32.2. The third-order valence-corrected chi connectivity index (χ3v) is 7.16. The van der Waals surface area contributed by atoms with Crippen LogP contribution in [0, 0.1) is 0 Å². The van der Waals surface area contributed by atoms with E-state index in [1.807, 2.05) is 53.4 Å². The average Bonchev–Trinajstić information content (AvgIpc) is 3.35. The van der Waals surface area contributed by atoms with E-state index in [1.165, 1.54) is 17.5 Å². The summed E-state index contributed by atoms with van der Waals surface area (Å²) in [6, 6.07) is 16.2. The molecule has 0 atom stereocenters. The normalized spacial score (nSPS) is 14.8. The van der Waals surface area contributed by atoms with E-state index in [0.717, 1.165) is 11.3 Å². The summed E-state index contributed by atoms with van der Waals surface area (Å²) in [6.45, 7) is 1.25. The Morgan fingerprint density at radius 2 is 1.75 bits per heavy atom. The molecule has 8 nitrogen and oxygen atoms in total. The quantitative estimate of drug-likeness (QED) is 0.592. The Labute approximate surface area is 187 Å². The van der Waals surface area contributed by atoms with Crippen molar-refractivity contribution in [1.82, 2.24) is 8.87 Å². The molecule has 0 spiro atoms. The van der Waals surface area contributed by atoms with Gasteiger partial charge in [-0.15, -0.1) is 0 Å². The average molecular weight is 456 g/mol. The van der Waals surface area contributed by atoms with E-state index in [2.05, 4.69) is 5.32 Å². The highest BCUT2D eigenvalue weighted by Crippen LogP contribution is 2.30. The van der Waals surface area contributed by atoms with Gasteiger partial charge in [0.05, 0.1) is 26.7 Å². The molecule has 1 aliphatic heterocycles. The molecule has 32 heavy (non-hydrogen) atoms. The largest absolute Gasteiger partial charge is 0.495 e. The molecular weight excluding hydrogens is 430 g/mol. The SMILES string of the molecule is COc1ccc(NC(=O)Cc2ccc(-n3cccc3)cc2)cc1S(=O)(=O)N1CCOCC1. The fourth-order valence-electron chi connectivity index (χ4n) is 3.57. The van der Waals surface area contributed by atoms with Crippen LogP contribution in [-0.2, 0) is 26.0 Å². The summed E-state index contributed by atoms with van der Waals surface area (Å²) in [5.74, 6) is -0.00584. The van der Waals surface area contributed by atoms with Crippen molar-refractivity contribution in [3.8, 4) is 11.4 Å². The molecule has 0 saturated carbocycles. The van der Waals surface area contributed by atoms with E-state index in [9.17, 15) is 13.2 Å². The molecule has 168 valence electrons. The monoisotopic (exact) mass is 455 g/mol. The number of benzene rings is 2. The van der Waals surface area contributed by atoms with Gasteiger partial charge in [-0.25, -0.2) is 8.42 Å². The Morgan fingerprint density at radius 3 is 2.41 bits per heavy atom. The fourth-order valence-corrected chi connectivity index (χ4v) is 5.15. The van der Waals surface area contributed by atoms with Crippen LogP contribution >= 0.6 is 0 Å². The lowest BCUT2D eigenvalue weighted by Gasteiger charge is -2.26. The first-order chi connectivity index (χ1) is 15.5. The van der Waals surface area contributed by atoms with Gasteiger partial charge in [-0.05, 0) is 48.0 Å². The Morgan fingerprint density at radius 1 is 1.06 bits per heavy atom. The zero-order valence-electron chi connectivity index (χ0n) is 17.7. The number of hydrogen-bond donors (Lipinski definition) is 1. The van der Waals surface area contributed by atoms with Crippen molar-refractivity contribution < 1.29 is 22.7 Å². The molecule has 1 saturated heterocycles. The van der Waals surface area contributed by atoms with Crippen molar-refractivity contribution in [2.75, 3.05) is 38.7 Å². The van der Waals surface area contributed by atoms with E-state index in [0.29, 0.717) is 18.9 Å². The predicted molar refractivity (Wildman–Crippen MR) is 121 cm³/mol. The molecule has 9 heteroatoms. The van der Waals surface area contributed by atoms with Crippen LogP contribution in [0.25, 0.3) is 5.69 Å². The van der Waals surface area contributed by atoms with E-state index in [1.54, 1.807) is 12.1 Å². The number of nitrogens with one attached hydrogen (secondary N) is 1. The van der Waals surface area contributed by atoms with Crippen LogP contribution in [0.2, 0.25) is 0 Å². The van der Waals surface area contributed by atoms with E-state index < -0.39 is 10.0 Å². The number of sulfonamides is 1. The molecule has 1 N–H and O–H groups in total. The molecular formula is C23H25N3O5S. The topological polar surface area (TPSA) is 89.9 Å². The molecule has 1 aliphatic rings. The summed E-state index contributed by atoms with van der Waals surface area (Å²) in [5.41, 5.74) is 2.26. The van der Waals surface area contributed by atoms with Crippen LogP contribution in [0.4, 0.5) is 5.69 Å². The summed E-state index contributed by atoms with van der Waals surface area (Å²) in [7, 11) is -2.35. The smallest absolute Gasteiger partial charge is 0.246 e. The number of nitrogens with zero attached hydrogens (tertiary/aromatic N) is 2. The molecule has 0 bridgehead atoms. The molecule has 3 aromatic rings. The van der Waals surface area contributed by atoms with Gasteiger partial charge in [-0.3, -0.25) is 4.79 Å². The summed E-state index contributed by atoms with van der Waals surface area (Å²) in [6.07, 6.45) is 4.07. The van der Waals surface area contributed by atoms with Gasteiger partial charge >= 0.3 is 0 Å². The second-order valence-electron chi connectivity index (χ2n) is 7.36. The van der Waals surface area contributed by atoms with E-state index in [4.69, 9.17) is 9.47 Å². The minimum absolute atomic E-state index is 0.0239. The van der Waals surface area contributed by atoms with Gasteiger partial charge in [0.2, 0.25) is 15.9 Å². The van der Waals surface area contributed by atoms with E-state index >= 15 is 0 Å². The third kappa shape index (κ3) is 4.85. The number of methoxy groups -OCH3 is 1. The molecule has 0 unspecified atom stereocenters. The molecule has 1 fully saturated rings. The summed E-state index contributed by atoms with van der Waals surface area (Å²) in [5, 5.41) is 2.79. The van der Waals surface area contributed by atoms with Crippen LogP contribution in [-0.4, -0.2) is 56.6 Å². The van der Waals surface area contributed by atoms with Crippen LogP contribution in [0.3, 0.4) is 0 Å². The number of hydrogen-bond acceptors (Lipinski definition) is 5. The molecule has 1 amide bonds. The van der Waals surface area contributed by atoms with Crippen molar-refractivity contribution in [2.45, 2.75) is 11.3 Å². The van der Waals surface area contributed by atoms with Gasteiger partial charge in [-0.2, -0.15) is 4.31 Å². The summed E-state index contributed by atoms with van der Waals surface area (Å²) < 4.78 is 40.1. The Balaban J connectivity index is 1.48. The number of aromatic nitrogens is 1. The molecule has 1 aromatic heterocycles. The van der Waals surface area contributed by atoms with Gasteiger partial charge in [0, 0.05) is 36.9 Å². The Kier molecular flexibility index (Phi) is 6.59. The van der Waals surface area contributed by atoms with Crippen molar-refractivity contribution in [1.29, 1.82) is 0 Å². The maximum Gasteiger partial charge on any atom is 0.246 e. The molecule has 4 rings (SSSR count). The van der Waals surface area contributed by atoms with Crippen LogP contribution < -0.4 is 10.1 Å². The predicted octanol–water partition coefficient (Wildman–Crippen LogP) is 2.69. The lowest BCUT2D eigenvalue weighted by molar-refractivity contribution is -0.115. The second-order valence-corrected chi connectivity index (χ2v) is 9.27. The van der Waals surface area contributed by atoms with Gasteiger partial charge in [0.25, 0.3) is 0 Å². The summed E-state index contributed by atoms with van der Waals surface area (Å²) in [4.78, 5) is 12.6. The van der Waals surface area contributed by atoms with Crippen molar-refractivity contribution >= 4 is 21.6 Å². The molecule has 2 aromatic carbocycles. The molecule has 0 radical (unpaired) electrons. The number of rotatable bonds is 7. The van der Waals surface area contributed by atoms with Gasteiger partial charge in [0.1, 0.15) is 10.6 Å². The third-order valence-electron chi connectivity index (χ3n) is 5.24. The number of amides is 1. The maximum absolute atomic E-state index is 13.1. The van der Waals surface area contributed by atoms with Crippen molar-refractivity contribution in [3.05, 3.63) is 72.6 Å². The first-order valence-corrected chi connectivity index (χ1v) is 11.7. The van der Waals surface area contributed by atoms with Gasteiger partial charge in [-0.1, -0.05) is 12.1 Å². The zero-order chi connectivity index (χ0) is 22.6. The number of carbonyl (C=O) groups is 1. The van der Waals surface area contributed by atoms with Crippen LogP contribution in [0.1, 0.15) is 5.56 Å². The number of anilines is 1. The number of ether oxygens (including phenoxy) is 2. The first-order valence-electron chi connectivity index (χ1n) is 10.3. The fraction of sp³-hybridized carbons (Fsp3) is 0.261. The maximum atomic E-state index is 13.1. The molecule has 2 heterocycles. The van der Waals surface area contributed by atoms with Crippen molar-refractivity contribution in [2.24, 2.45) is 0 Å². The van der Waals surface area contributed by atoms with Crippen molar-refractivity contribution in [3.63, 3.8) is 0 Å². The first kappa shape index (κ1) is 22.1. The lowest BCUT2D eigenvalue weighted by Crippen LogP contribution is -2.40. The zero-order valence-corrected chi connectivity index (χ0v) is 18.5. The lowest BCUT2D eigenvalue weighted by atomic mass is 10.1. The van der Waals surface area contributed by atoms with E-state index in [-0.39, 0.29) is 36.1 Å². The highest BCUT2D eigenvalue weighted by Gasteiger charge is 2.29. The minimum atomic E-state index is -3.77. The summed E-state index contributed by atoms with van der Waals surface area (Å²) >= 11 is 0. The number of carbonyl (C=O) groups excluding carboxylic acids is 1. The number of morpholine rings is 1. The minimum Gasteiger partial charge on any atom is -0.495 e. The Bertz CT molecular complexity index is 1170. The van der Waals surface area contributed by atoms with Gasteiger partial charge < -0.3 is 19.4 Å². The van der Waals surface area contributed by atoms with Crippen LogP contribution in [0.15, 0.2) is 71.9 Å². The van der Waals surface area contributed by atoms with Gasteiger partial charge in [0.15, 0.2) is 0 Å². The Hall–Kier alpha value is -3.14. The molecule has 0 aliphatic carbocycles. The highest BCUT2D eigenvalue weighted by molar-refractivity contribution is 7.89.